The molecule has 1 radical (unpaired) electrons. The minimum absolute atomic E-state index is 0.0434. The SMILES string of the molecule is CCON=C([C]=O)c1ccco1. The van der Waals surface area contributed by atoms with E-state index in [2.05, 4.69) is 9.99 Å². The molecule has 4 nitrogen and oxygen atoms in total. The molecule has 63 valence electrons. The van der Waals surface area contributed by atoms with Gasteiger partial charge in [0.1, 0.15) is 6.61 Å². The van der Waals surface area contributed by atoms with Crippen molar-refractivity contribution in [2.45, 2.75) is 6.92 Å². The zero-order valence-electron chi connectivity index (χ0n) is 6.61. The van der Waals surface area contributed by atoms with Crippen molar-refractivity contribution >= 4 is 12.0 Å². The van der Waals surface area contributed by atoms with Crippen molar-refractivity contribution in [3.63, 3.8) is 0 Å². The van der Waals surface area contributed by atoms with E-state index in [0.717, 1.165) is 0 Å². The van der Waals surface area contributed by atoms with Crippen LogP contribution in [0.15, 0.2) is 28.0 Å². The predicted molar refractivity (Wildman–Crippen MR) is 42.6 cm³/mol. The average molecular weight is 166 g/mol. The van der Waals surface area contributed by atoms with E-state index in [4.69, 9.17) is 4.42 Å². The molecule has 0 saturated carbocycles. The smallest absolute Gasteiger partial charge is 0.261 e. The van der Waals surface area contributed by atoms with Crippen LogP contribution in [-0.2, 0) is 9.63 Å². The maximum absolute atomic E-state index is 10.3. The standard InChI is InChI=1S/C8H8NO3/c1-2-12-9-7(6-10)8-4-3-5-11-8/h3-5H,2H2,1H3. The van der Waals surface area contributed by atoms with E-state index >= 15 is 0 Å². The molecule has 1 heterocycles. The first-order valence-corrected chi connectivity index (χ1v) is 3.50. The molecule has 0 atom stereocenters. The number of furan rings is 1. The molecule has 0 aliphatic carbocycles. The quantitative estimate of drug-likeness (QED) is 0.497. The van der Waals surface area contributed by atoms with Crippen molar-refractivity contribution in [2.24, 2.45) is 5.16 Å². The molecule has 0 aliphatic heterocycles. The van der Waals surface area contributed by atoms with Gasteiger partial charge < -0.3 is 9.25 Å². The van der Waals surface area contributed by atoms with E-state index < -0.39 is 0 Å². The second-order valence-corrected chi connectivity index (χ2v) is 1.94. The maximum Gasteiger partial charge on any atom is 0.261 e. The van der Waals surface area contributed by atoms with Gasteiger partial charge in [0.05, 0.1) is 6.26 Å². The van der Waals surface area contributed by atoms with Crippen molar-refractivity contribution in [3.8, 4) is 0 Å². The molecule has 1 aromatic heterocycles. The van der Waals surface area contributed by atoms with Crippen LogP contribution < -0.4 is 0 Å². The molecule has 0 amide bonds. The fourth-order valence-electron chi connectivity index (χ4n) is 0.656. The fourth-order valence-corrected chi connectivity index (χ4v) is 0.656. The molecule has 0 saturated heterocycles. The third-order valence-electron chi connectivity index (χ3n) is 1.14. The first-order valence-electron chi connectivity index (χ1n) is 3.50. The summed E-state index contributed by atoms with van der Waals surface area (Å²) in [6, 6.07) is 3.27. The number of hydrogen-bond donors (Lipinski definition) is 0. The predicted octanol–water partition coefficient (Wildman–Crippen LogP) is 1.13. The second kappa shape index (κ2) is 4.33. The van der Waals surface area contributed by atoms with Crippen LogP contribution >= 0.6 is 0 Å². The highest BCUT2D eigenvalue weighted by atomic mass is 16.6. The maximum atomic E-state index is 10.3. The van der Waals surface area contributed by atoms with Crippen molar-refractivity contribution in [3.05, 3.63) is 24.2 Å². The lowest BCUT2D eigenvalue weighted by molar-refractivity contribution is 0.159. The zero-order valence-corrected chi connectivity index (χ0v) is 6.61. The molecule has 1 rings (SSSR count). The Bertz CT molecular complexity index is 264. The Morgan fingerprint density at radius 1 is 1.83 bits per heavy atom. The van der Waals surface area contributed by atoms with Gasteiger partial charge in [-0.1, -0.05) is 5.16 Å². The first kappa shape index (κ1) is 8.52. The number of nitrogens with zero attached hydrogens (tertiary/aromatic N) is 1. The number of oxime groups is 1. The van der Waals surface area contributed by atoms with Gasteiger partial charge in [0, 0.05) is 0 Å². The van der Waals surface area contributed by atoms with Gasteiger partial charge in [0.2, 0.25) is 0 Å². The van der Waals surface area contributed by atoms with E-state index in [1.54, 1.807) is 25.3 Å². The summed E-state index contributed by atoms with van der Waals surface area (Å²) in [6.45, 7) is 2.18. The molecule has 0 bridgehead atoms. The van der Waals surface area contributed by atoms with Crippen molar-refractivity contribution in [2.75, 3.05) is 6.61 Å². The Balaban J connectivity index is 2.76. The Labute approximate surface area is 69.8 Å². The van der Waals surface area contributed by atoms with Gasteiger partial charge in [-0.15, -0.1) is 0 Å². The van der Waals surface area contributed by atoms with Crippen LogP contribution in [0.1, 0.15) is 12.7 Å². The highest BCUT2D eigenvalue weighted by molar-refractivity contribution is 6.35. The Hall–Kier alpha value is -1.58. The van der Waals surface area contributed by atoms with Crippen LogP contribution in [-0.4, -0.2) is 18.6 Å². The van der Waals surface area contributed by atoms with Crippen LogP contribution in [0.3, 0.4) is 0 Å². The lowest BCUT2D eigenvalue weighted by Gasteiger charge is -1.93. The zero-order chi connectivity index (χ0) is 8.81. The van der Waals surface area contributed by atoms with E-state index in [9.17, 15) is 4.79 Å². The van der Waals surface area contributed by atoms with Gasteiger partial charge in [-0.25, -0.2) is 0 Å². The van der Waals surface area contributed by atoms with E-state index in [-0.39, 0.29) is 5.71 Å². The molecule has 0 aromatic carbocycles. The normalized spacial score (nSPS) is 11.2. The summed E-state index contributed by atoms with van der Waals surface area (Å²) in [6.07, 6.45) is 3.07. The Kier molecular flexibility index (Phi) is 3.07. The summed E-state index contributed by atoms with van der Waals surface area (Å²) in [5.74, 6) is 0.360. The summed E-state index contributed by atoms with van der Waals surface area (Å²) in [7, 11) is 0. The van der Waals surface area contributed by atoms with Crippen LogP contribution in [0.25, 0.3) is 0 Å². The largest absolute Gasteiger partial charge is 0.462 e. The molecule has 12 heavy (non-hydrogen) atoms. The van der Waals surface area contributed by atoms with Gasteiger partial charge >= 0.3 is 0 Å². The van der Waals surface area contributed by atoms with Gasteiger partial charge in [0.15, 0.2) is 11.5 Å². The van der Waals surface area contributed by atoms with Gasteiger partial charge in [-0.3, -0.25) is 4.79 Å². The van der Waals surface area contributed by atoms with Crippen LogP contribution in [0.2, 0.25) is 0 Å². The topological polar surface area (TPSA) is 51.8 Å². The lowest BCUT2D eigenvalue weighted by atomic mass is 10.3. The molecular weight excluding hydrogens is 158 g/mol. The molecule has 0 unspecified atom stereocenters. The first-order chi connectivity index (χ1) is 5.88. The van der Waals surface area contributed by atoms with Gasteiger partial charge in [0.25, 0.3) is 6.29 Å². The minimum atomic E-state index is 0.0434. The van der Waals surface area contributed by atoms with Crippen LogP contribution in [0, 0.1) is 0 Å². The van der Waals surface area contributed by atoms with Crippen LogP contribution in [0.5, 0.6) is 0 Å². The lowest BCUT2D eigenvalue weighted by Crippen LogP contribution is -2.01. The van der Waals surface area contributed by atoms with Crippen molar-refractivity contribution < 1.29 is 14.0 Å². The third-order valence-corrected chi connectivity index (χ3v) is 1.14. The molecule has 0 spiro atoms. The summed E-state index contributed by atoms with van der Waals surface area (Å²) < 4.78 is 4.91. The van der Waals surface area contributed by atoms with Crippen molar-refractivity contribution in [1.29, 1.82) is 0 Å². The fraction of sp³-hybridized carbons (Fsp3) is 0.250. The highest BCUT2D eigenvalue weighted by Gasteiger charge is 2.06. The Morgan fingerprint density at radius 2 is 2.67 bits per heavy atom. The van der Waals surface area contributed by atoms with E-state index in [1.165, 1.54) is 6.26 Å². The molecule has 0 fully saturated rings. The molecular formula is C8H8NO3. The van der Waals surface area contributed by atoms with Crippen molar-refractivity contribution in [1.82, 2.24) is 0 Å². The van der Waals surface area contributed by atoms with Gasteiger partial charge in [-0.05, 0) is 19.1 Å². The molecule has 1 aromatic rings. The van der Waals surface area contributed by atoms with Crippen LogP contribution in [0.4, 0.5) is 0 Å². The summed E-state index contributed by atoms with van der Waals surface area (Å²) in [5, 5.41) is 3.50. The Morgan fingerprint density at radius 3 is 3.17 bits per heavy atom. The average Bonchev–Trinajstić information content (AvgIpc) is 2.59. The highest BCUT2D eigenvalue weighted by Crippen LogP contribution is 2.00. The monoisotopic (exact) mass is 166 g/mol. The third kappa shape index (κ3) is 1.95. The van der Waals surface area contributed by atoms with E-state index in [0.29, 0.717) is 12.4 Å². The summed E-state index contributed by atoms with van der Waals surface area (Å²) in [4.78, 5) is 15.0. The minimum Gasteiger partial charge on any atom is -0.462 e. The summed E-state index contributed by atoms with van der Waals surface area (Å²) in [5.41, 5.74) is 0.0434. The number of hydrogen-bond acceptors (Lipinski definition) is 4. The second-order valence-electron chi connectivity index (χ2n) is 1.94. The van der Waals surface area contributed by atoms with E-state index in [1.807, 2.05) is 0 Å². The molecule has 0 N–H and O–H groups in total. The number of carbonyl (C=O) groups excluding carboxylic acids is 1. The molecule has 0 aliphatic rings. The van der Waals surface area contributed by atoms with Gasteiger partial charge in [-0.2, -0.15) is 0 Å². The molecule has 4 heteroatoms. The number of rotatable bonds is 4. The summed E-state index contributed by atoms with van der Waals surface area (Å²) >= 11 is 0.